The lowest BCUT2D eigenvalue weighted by Gasteiger charge is -2.21. The van der Waals surface area contributed by atoms with Gasteiger partial charge in [0.05, 0.1) is 38.6 Å². The van der Waals surface area contributed by atoms with Crippen molar-refractivity contribution in [3.8, 4) is 5.75 Å². The lowest BCUT2D eigenvalue weighted by molar-refractivity contribution is -0.132. The Labute approximate surface area is 146 Å². The number of benzene rings is 1. The highest BCUT2D eigenvalue weighted by Crippen LogP contribution is 2.16. The molecule has 2 aromatic heterocycles. The minimum atomic E-state index is 0.0111. The van der Waals surface area contributed by atoms with Gasteiger partial charge in [-0.2, -0.15) is 0 Å². The van der Waals surface area contributed by atoms with E-state index in [1.807, 2.05) is 55.5 Å². The molecule has 25 heavy (non-hydrogen) atoms. The standard InChI is InChI=1S/C20H21NO4/c1-2-23-17-9-7-16(8-10-17)13-20(22)21(14-18-5-3-11-24-18)15-19-6-4-12-25-19/h3-12H,2,13-15H2,1H3. The fraction of sp³-hybridized carbons (Fsp3) is 0.250. The summed E-state index contributed by atoms with van der Waals surface area (Å²) in [6.45, 7) is 3.38. The van der Waals surface area contributed by atoms with Crippen LogP contribution in [0.25, 0.3) is 0 Å². The Kier molecular flexibility index (Phi) is 5.57. The lowest BCUT2D eigenvalue weighted by Crippen LogP contribution is -2.31. The minimum Gasteiger partial charge on any atom is -0.494 e. The third kappa shape index (κ3) is 4.76. The number of carbonyl (C=O) groups excluding carboxylic acids is 1. The van der Waals surface area contributed by atoms with E-state index in [1.54, 1.807) is 17.4 Å². The maximum absolute atomic E-state index is 12.8. The molecule has 0 atom stereocenters. The first kappa shape index (κ1) is 16.9. The van der Waals surface area contributed by atoms with Gasteiger partial charge in [-0.05, 0) is 48.9 Å². The predicted molar refractivity (Wildman–Crippen MR) is 93.0 cm³/mol. The molecule has 1 aromatic carbocycles. The monoisotopic (exact) mass is 339 g/mol. The fourth-order valence-electron chi connectivity index (χ4n) is 2.57. The first-order valence-electron chi connectivity index (χ1n) is 8.29. The van der Waals surface area contributed by atoms with Gasteiger partial charge in [0.15, 0.2) is 0 Å². The Hall–Kier alpha value is -2.95. The van der Waals surface area contributed by atoms with Gasteiger partial charge in [0.2, 0.25) is 5.91 Å². The predicted octanol–water partition coefficient (Wildman–Crippen LogP) is 4.04. The normalized spacial score (nSPS) is 10.6. The number of rotatable bonds is 8. The van der Waals surface area contributed by atoms with Crippen molar-refractivity contribution in [2.24, 2.45) is 0 Å². The zero-order chi connectivity index (χ0) is 17.5. The molecule has 0 radical (unpaired) electrons. The summed E-state index contributed by atoms with van der Waals surface area (Å²) in [7, 11) is 0. The van der Waals surface area contributed by atoms with Crippen LogP contribution in [0.1, 0.15) is 24.0 Å². The first-order valence-corrected chi connectivity index (χ1v) is 8.29. The van der Waals surface area contributed by atoms with E-state index < -0.39 is 0 Å². The van der Waals surface area contributed by atoms with E-state index in [0.29, 0.717) is 26.1 Å². The summed E-state index contributed by atoms with van der Waals surface area (Å²) in [6, 6.07) is 15.0. The van der Waals surface area contributed by atoms with Crippen LogP contribution < -0.4 is 4.74 Å². The van der Waals surface area contributed by atoms with Crippen LogP contribution in [0, 0.1) is 0 Å². The Morgan fingerprint density at radius 3 is 2.04 bits per heavy atom. The second kappa shape index (κ2) is 8.24. The molecule has 0 spiro atoms. The molecule has 0 saturated carbocycles. The van der Waals surface area contributed by atoms with Gasteiger partial charge in [0.1, 0.15) is 17.3 Å². The van der Waals surface area contributed by atoms with Crippen LogP contribution in [0.15, 0.2) is 69.9 Å². The topological polar surface area (TPSA) is 55.8 Å². The number of hydrogen-bond donors (Lipinski definition) is 0. The lowest BCUT2D eigenvalue weighted by atomic mass is 10.1. The van der Waals surface area contributed by atoms with Crippen LogP contribution in [-0.2, 0) is 24.3 Å². The molecule has 5 heteroatoms. The van der Waals surface area contributed by atoms with Gasteiger partial charge >= 0.3 is 0 Å². The van der Waals surface area contributed by atoms with Gasteiger partial charge < -0.3 is 18.5 Å². The maximum Gasteiger partial charge on any atom is 0.227 e. The van der Waals surface area contributed by atoms with Crippen LogP contribution in [0.2, 0.25) is 0 Å². The summed E-state index contributed by atoms with van der Waals surface area (Å²) < 4.78 is 16.2. The van der Waals surface area contributed by atoms with E-state index in [0.717, 1.165) is 22.8 Å². The molecular formula is C20H21NO4. The molecule has 0 fully saturated rings. The van der Waals surface area contributed by atoms with Crippen LogP contribution >= 0.6 is 0 Å². The van der Waals surface area contributed by atoms with Gasteiger partial charge in [-0.25, -0.2) is 0 Å². The third-order valence-electron chi connectivity index (χ3n) is 3.80. The Morgan fingerprint density at radius 1 is 0.960 bits per heavy atom. The zero-order valence-electron chi connectivity index (χ0n) is 14.2. The number of nitrogens with zero attached hydrogens (tertiary/aromatic N) is 1. The molecule has 1 amide bonds. The van der Waals surface area contributed by atoms with Gasteiger partial charge in [-0.1, -0.05) is 12.1 Å². The molecular weight excluding hydrogens is 318 g/mol. The molecule has 3 rings (SSSR count). The molecule has 2 heterocycles. The summed E-state index contributed by atoms with van der Waals surface area (Å²) >= 11 is 0. The zero-order valence-corrected chi connectivity index (χ0v) is 14.2. The largest absolute Gasteiger partial charge is 0.494 e. The third-order valence-corrected chi connectivity index (χ3v) is 3.80. The second-order valence-corrected chi connectivity index (χ2v) is 5.66. The number of hydrogen-bond acceptors (Lipinski definition) is 4. The van der Waals surface area contributed by atoms with Crippen molar-refractivity contribution in [1.29, 1.82) is 0 Å². The molecule has 130 valence electrons. The van der Waals surface area contributed by atoms with Gasteiger partial charge in [0.25, 0.3) is 0 Å². The van der Waals surface area contributed by atoms with Gasteiger partial charge in [-0.3, -0.25) is 4.79 Å². The molecule has 0 aliphatic rings. The number of amides is 1. The summed E-state index contributed by atoms with van der Waals surface area (Å²) in [5, 5.41) is 0. The van der Waals surface area contributed by atoms with Crippen molar-refractivity contribution in [2.45, 2.75) is 26.4 Å². The Bertz CT molecular complexity index is 724. The van der Waals surface area contributed by atoms with Crippen LogP contribution in [0.4, 0.5) is 0 Å². The van der Waals surface area contributed by atoms with Crippen molar-refractivity contribution in [3.63, 3.8) is 0 Å². The first-order chi connectivity index (χ1) is 12.2. The molecule has 5 nitrogen and oxygen atoms in total. The number of carbonyl (C=O) groups is 1. The van der Waals surface area contributed by atoms with Gasteiger partial charge in [-0.15, -0.1) is 0 Å². The van der Waals surface area contributed by atoms with E-state index in [9.17, 15) is 4.79 Å². The highest BCUT2D eigenvalue weighted by atomic mass is 16.5. The Balaban J connectivity index is 1.69. The van der Waals surface area contributed by atoms with E-state index in [4.69, 9.17) is 13.6 Å². The molecule has 0 aliphatic carbocycles. The van der Waals surface area contributed by atoms with Crippen LogP contribution in [0.5, 0.6) is 5.75 Å². The summed E-state index contributed by atoms with van der Waals surface area (Å²) in [4.78, 5) is 14.5. The number of ether oxygens (including phenoxy) is 1. The molecule has 0 bridgehead atoms. The average molecular weight is 339 g/mol. The summed E-state index contributed by atoms with van der Waals surface area (Å²) in [5.74, 6) is 2.30. The fourth-order valence-corrected chi connectivity index (χ4v) is 2.57. The Morgan fingerprint density at radius 2 is 1.56 bits per heavy atom. The van der Waals surface area contributed by atoms with Gasteiger partial charge in [0, 0.05) is 0 Å². The SMILES string of the molecule is CCOc1ccc(CC(=O)N(Cc2ccco2)Cc2ccco2)cc1. The average Bonchev–Trinajstić information content (AvgIpc) is 3.30. The van der Waals surface area contributed by atoms with E-state index in [1.165, 1.54) is 0 Å². The van der Waals surface area contributed by atoms with E-state index >= 15 is 0 Å². The highest BCUT2D eigenvalue weighted by Gasteiger charge is 2.17. The minimum absolute atomic E-state index is 0.0111. The quantitative estimate of drug-likeness (QED) is 0.621. The van der Waals surface area contributed by atoms with Crippen molar-refractivity contribution in [2.75, 3.05) is 6.61 Å². The van der Waals surface area contributed by atoms with E-state index in [-0.39, 0.29) is 5.91 Å². The van der Waals surface area contributed by atoms with Crippen molar-refractivity contribution >= 4 is 5.91 Å². The molecule has 0 saturated heterocycles. The van der Waals surface area contributed by atoms with Crippen molar-refractivity contribution in [1.82, 2.24) is 4.90 Å². The number of furan rings is 2. The van der Waals surface area contributed by atoms with Crippen molar-refractivity contribution < 1.29 is 18.4 Å². The molecule has 0 aliphatic heterocycles. The van der Waals surface area contributed by atoms with Crippen LogP contribution in [0.3, 0.4) is 0 Å². The highest BCUT2D eigenvalue weighted by molar-refractivity contribution is 5.78. The van der Waals surface area contributed by atoms with E-state index in [2.05, 4.69) is 0 Å². The summed E-state index contributed by atoms with van der Waals surface area (Å²) in [5.41, 5.74) is 0.942. The smallest absolute Gasteiger partial charge is 0.227 e. The summed E-state index contributed by atoms with van der Waals surface area (Å²) in [6.07, 6.45) is 3.53. The molecule has 3 aromatic rings. The molecule has 0 N–H and O–H groups in total. The maximum atomic E-state index is 12.8. The second-order valence-electron chi connectivity index (χ2n) is 5.66. The molecule has 0 unspecified atom stereocenters. The van der Waals surface area contributed by atoms with Crippen LogP contribution in [-0.4, -0.2) is 17.4 Å². The van der Waals surface area contributed by atoms with Crippen molar-refractivity contribution in [3.05, 3.63) is 78.1 Å².